The minimum absolute atomic E-state index is 0.0136. The maximum Gasteiger partial charge on any atom is 0.306 e. The van der Waals surface area contributed by atoms with Crippen LogP contribution in [0.2, 0.25) is 0 Å². The number of quaternary nitrogens is 1. The van der Waals surface area contributed by atoms with E-state index in [9.17, 15) is 19.5 Å². The van der Waals surface area contributed by atoms with Gasteiger partial charge in [-0.1, -0.05) is 186 Å². The second-order valence-corrected chi connectivity index (χ2v) is 18.3. The lowest BCUT2D eigenvalue weighted by atomic mass is 10.1. The minimum Gasteiger partial charge on any atom is -0.544 e. The summed E-state index contributed by atoms with van der Waals surface area (Å²) < 4.78 is 17.2. The quantitative estimate of drug-likeness (QED) is 0.0259. The number of carbonyl (C=O) groups excluding carboxylic acids is 3. The number of carboxylic acid groups (broad SMARTS) is 1. The van der Waals surface area contributed by atoms with Crippen LogP contribution in [0, 0.1) is 0 Å². The van der Waals surface area contributed by atoms with Crippen LogP contribution in [0.1, 0.15) is 181 Å². The van der Waals surface area contributed by atoms with Gasteiger partial charge in [0.15, 0.2) is 6.10 Å². The molecule has 388 valence electrons. The van der Waals surface area contributed by atoms with Crippen LogP contribution in [0.15, 0.2) is 134 Å². The van der Waals surface area contributed by atoms with Gasteiger partial charge in [-0.25, -0.2) is 0 Å². The summed E-state index contributed by atoms with van der Waals surface area (Å²) in [6.45, 7) is 4.37. The number of hydrogen-bond donors (Lipinski definition) is 0. The molecule has 0 aromatic heterocycles. The van der Waals surface area contributed by atoms with Gasteiger partial charge < -0.3 is 28.6 Å². The van der Waals surface area contributed by atoms with Gasteiger partial charge in [0.05, 0.1) is 40.3 Å². The van der Waals surface area contributed by atoms with E-state index in [0.29, 0.717) is 12.8 Å². The van der Waals surface area contributed by atoms with Gasteiger partial charge in [0.25, 0.3) is 0 Å². The van der Waals surface area contributed by atoms with Gasteiger partial charge in [0.2, 0.25) is 0 Å². The Morgan fingerprint density at radius 1 is 0.435 bits per heavy atom. The smallest absolute Gasteiger partial charge is 0.306 e. The first-order valence-corrected chi connectivity index (χ1v) is 26.7. The third-order valence-corrected chi connectivity index (χ3v) is 11.0. The third kappa shape index (κ3) is 48.3. The maximum absolute atomic E-state index is 12.8. The van der Waals surface area contributed by atoms with Crippen LogP contribution in [0.25, 0.3) is 0 Å². The van der Waals surface area contributed by atoms with Crippen LogP contribution < -0.4 is 5.11 Å². The highest BCUT2D eigenvalue weighted by atomic mass is 16.6. The number of likely N-dealkylation sites (N-methyl/N-ethyl adjacent to an activating group) is 1. The second-order valence-electron chi connectivity index (χ2n) is 18.3. The van der Waals surface area contributed by atoms with E-state index in [1.54, 1.807) is 21.1 Å². The number of carboxylic acids is 1. The van der Waals surface area contributed by atoms with E-state index in [1.807, 2.05) is 0 Å². The van der Waals surface area contributed by atoms with E-state index in [1.165, 1.54) is 19.3 Å². The summed E-state index contributed by atoms with van der Waals surface area (Å²) in [5, 5.41) is 11.7. The zero-order valence-electron chi connectivity index (χ0n) is 44.2. The SMILES string of the molecule is CC/C=C/C/C=C/C/C=C/C/C=C/C/C=C/C/C=C/CCCCCC(=O)OC(COCCC(C(=O)[O-])[N+](C)(C)C)COC(=O)CCCCCCCCC/C=C/C/C=C/C/C=C/C/C=C/C/C=C/CC. The molecule has 8 nitrogen and oxygen atoms in total. The number of nitrogens with zero attached hydrogens (tertiary/aromatic N) is 1. The van der Waals surface area contributed by atoms with E-state index < -0.39 is 18.1 Å². The highest BCUT2D eigenvalue weighted by molar-refractivity contribution is 5.70. The van der Waals surface area contributed by atoms with Crippen LogP contribution >= 0.6 is 0 Å². The first-order valence-electron chi connectivity index (χ1n) is 26.7. The predicted octanol–water partition coefficient (Wildman–Crippen LogP) is 14.6. The maximum atomic E-state index is 12.8. The van der Waals surface area contributed by atoms with Gasteiger partial charge in [-0.2, -0.15) is 0 Å². The molecular formula is C61H97NO7. The normalized spacial score (nSPS) is 13.9. The van der Waals surface area contributed by atoms with Crippen molar-refractivity contribution in [1.29, 1.82) is 0 Å². The summed E-state index contributed by atoms with van der Waals surface area (Å²) in [6, 6.07) is -0.744. The van der Waals surface area contributed by atoms with Crippen LogP contribution in [-0.2, 0) is 28.6 Å². The Morgan fingerprint density at radius 3 is 1.14 bits per heavy atom. The van der Waals surface area contributed by atoms with Crippen LogP contribution in [0.5, 0.6) is 0 Å². The molecule has 2 unspecified atom stereocenters. The Labute approximate surface area is 422 Å². The number of esters is 2. The molecule has 0 bridgehead atoms. The fourth-order valence-corrected chi connectivity index (χ4v) is 6.98. The van der Waals surface area contributed by atoms with Crippen molar-refractivity contribution in [2.75, 3.05) is 41.0 Å². The zero-order chi connectivity index (χ0) is 50.6. The van der Waals surface area contributed by atoms with Gasteiger partial charge >= 0.3 is 11.9 Å². The largest absolute Gasteiger partial charge is 0.544 e. The number of allylic oxidation sites excluding steroid dienone is 22. The molecule has 0 heterocycles. The Morgan fingerprint density at radius 2 is 0.768 bits per heavy atom. The summed E-state index contributed by atoms with van der Waals surface area (Å²) in [4.78, 5) is 37.1. The van der Waals surface area contributed by atoms with Crippen LogP contribution in [0.4, 0.5) is 0 Å². The minimum atomic E-state index is -1.14. The van der Waals surface area contributed by atoms with Crippen molar-refractivity contribution in [1.82, 2.24) is 0 Å². The molecule has 0 radical (unpaired) electrons. The summed E-state index contributed by atoms with van der Waals surface area (Å²) >= 11 is 0. The van der Waals surface area contributed by atoms with Crippen molar-refractivity contribution in [3.8, 4) is 0 Å². The molecule has 0 amide bonds. The molecule has 0 rings (SSSR count). The summed E-state index contributed by atoms with van der Waals surface area (Å²) in [7, 11) is 5.39. The molecule has 0 aromatic rings. The molecule has 0 aromatic carbocycles. The molecule has 0 fully saturated rings. The van der Waals surface area contributed by atoms with Crippen LogP contribution in [0.3, 0.4) is 0 Å². The lowest BCUT2D eigenvalue weighted by Gasteiger charge is -2.34. The lowest BCUT2D eigenvalue weighted by Crippen LogP contribution is -2.55. The molecule has 0 spiro atoms. The first-order chi connectivity index (χ1) is 33.6. The molecule has 8 heteroatoms. The van der Waals surface area contributed by atoms with E-state index in [0.717, 1.165) is 122 Å². The van der Waals surface area contributed by atoms with Crippen molar-refractivity contribution in [3.63, 3.8) is 0 Å². The molecule has 2 atom stereocenters. The van der Waals surface area contributed by atoms with E-state index in [2.05, 4.69) is 148 Å². The van der Waals surface area contributed by atoms with E-state index >= 15 is 0 Å². The van der Waals surface area contributed by atoms with E-state index in [4.69, 9.17) is 14.2 Å². The monoisotopic (exact) mass is 956 g/mol. The zero-order valence-corrected chi connectivity index (χ0v) is 44.2. The van der Waals surface area contributed by atoms with Gasteiger partial charge in [-0.3, -0.25) is 9.59 Å². The van der Waals surface area contributed by atoms with Gasteiger partial charge in [0.1, 0.15) is 12.6 Å². The summed E-state index contributed by atoms with van der Waals surface area (Å²) in [5.41, 5.74) is 0. The van der Waals surface area contributed by atoms with E-state index in [-0.39, 0.29) is 49.1 Å². The Balaban J connectivity index is 4.35. The Kier molecular flexibility index (Phi) is 46.6. The molecular weight excluding hydrogens is 859 g/mol. The van der Waals surface area contributed by atoms with Gasteiger partial charge in [0, 0.05) is 19.3 Å². The van der Waals surface area contributed by atoms with Crippen LogP contribution in [-0.4, -0.2) is 75.5 Å². The average Bonchev–Trinajstić information content (AvgIpc) is 3.31. The molecule has 0 saturated carbocycles. The highest BCUT2D eigenvalue weighted by Gasteiger charge is 2.25. The Bertz CT molecular complexity index is 1580. The van der Waals surface area contributed by atoms with Gasteiger partial charge in [-0.05, 0) is 109 Å². The third-order valence-electron chi connectivity index (χ3n) is 11.0. The van der Waals surface area contributed by atoms with Crippen molar-refractivity contribution >= 4 is 17.9 Å². The van der Waals surface area contributed by atoms with Gasteiger partial charge in [-0.15, -0.1) is 0 Å². The number of unbranched alkanes of at least 4 members (excludes halogenated alkanes) is 10. The summed E-state index contributed by atoms with van der Waals surface area (Å²) in [6.07, 6.45) is 72.0. The van der Waals surface area contributed by atoms with Crippen molar-refractivity contribution in [2.24, 2.45) is 0 Å². The fraction of sp³-hybridized carbons (Fsp3) is 0.590. The standard InChI is InChI=1S/C61H97NO7/c1-6-8-10-12-14-16-18-20-22-24-26-28-30-32-33-35-37-39-41-43-45-47-49-51-59(63)68-56-57(55-67-54-53-58(61(65)66)62(3,4)5)69-60(64)52-50-48-46-44-42-40-38-36-34-31-29-27-25-23-21-19-17-15-13-11-9-7-2/h8-11,14-17,20-23,26-29,32-34,36,40,42,57-58H,6-7,12-13,18-19,24-25,30-31,35,37-39,41,43-56H2,1-5H3/b10-8+,11-9+,16-14+,17-15+,22-20+,23-21+,28-26+,29-27+,33-32+,36-34+,42-40+. The number of rotatable bonds is 46. The van der Waals surface area contributed by atoms with Crippen molar-refractivity contribution in [3.05, 3.63) is 134 Å². The molecule has 0 aliphatic heterocycles. The summed E-state index contributed by atoms with van der Waals surface area (Å²) in [5.74, 6) is -1.81. The number of aliphatic carboxylic acids is 1. The number of ether oxygens (including phenoxy) is 3. The molecule has 0 saturated heterocycles. The molecule has 0 N–H and O–H groups in total. The fourth-order valence-electron chi connectivity index (χ4n) is 6.98. The average molecular weight is 956 g/mol. The molecule has 0 aliphatic carbocycles. The number of carbonyl (C=O) groups is 3. The predicted molar refractivity (Wildman–Crippen MR) is 290 cm³/mol. The molecule has 0 aliphatic rings. The topological polar surface area (TPSA) is 102 Å². The first kappa shape index (κ1) is 64.5. The second kappa shape index (κ2) is 49.9. The lowest BCUT2D eigenvalue weighted by molar-refractivity contribution is -0.889. The van der Waals surface area contributed by atoms with Crippen molar-refractivity contribution in [2.45, 2.75) is 193 Å². The van der Waals surface area contributed by atoms with Crippen molar-refractivity contribution < 1.29 is 38.2 Å². The Hall–Kier alpha value is -4.53. The number of hydrogen-bond acceptors (Lipinski definition) is 7. The highest BCUT2D eigenvalue weighted by Crippen LogP contribution is 2.13. The molecule has 69 heavy (non-hydrogen) atoms.